The van der Waals surface area contributed by atoms with Gasteiger partial charge in [-0.2, -0.15) is 0 Å². The first-order valence-corrected chi connectivity index (χ1v) is 7.40. The Bertz CT molecular complexity index is 243. The molecule has 0 aromatic heterocycles. The molecule has 0 aliphatic heterocycles. The van der Waals surface area contributed by atoms with Crippen LogP contribution in [0.1, 0.15) is 61.3 Å². The maximum absolute atomic E-state index is 12.6. The van der Waals surface area contributed by atoms with Crippen LogP contribution in [-0.2, 0) is 9.53 Å². The Balaban J connectivity index is 5.08. The van der Waals surface area contributed by atoms with E-state index in [-0.39, 0.29) is 11.3 Å². The molecule has 0 aliphatic rings. The Hall–Kier alpha value is -0.370. The highest BCUT2D eigenvalue weighted by Gasteiger charge is 2.42. The second-order valence-electron chi connectivity index (χ2n) is 6.40. The van der Waals surface area contributed by atoms with Gasteiger partial charge in [-0.3, -0.25) is 4.79 Å². The number of hydrogen-bond donors (Lipinski definition) is 0. The van der Waals surface area contributed by atoms with Crippen LogP contribution in [0.3, 0.4) is 0 Å². The predicted molar refractivity (Wildman–Crippen MR) is 77.7 cm³/mol. The van der Waals surface area contributed by atoms with Crippen molar-refractivity contribution < 1.29 is 9.53 Å². The second kappa shape index (κ2) is 7.93. The molecule has 2 nitrogen and oxygen atoms in total. The van der Waals surface area contributed by atoms with Gasteiger partial charge in [0.15, 0.2) is 0 Å². The first-order valence-electron chi connectivity index (χ1n) is 7.40. The molecule has 0 fully saturated rings. The number of Topliss-reactive ketones (excluding diaryl/α,β-unsaturated/α-hetero) is 1. The summed E-state index contributed by atoms with van der Waals surface area (Å²) in [5.41, 5.74) is -0.297. The Morgan fingerprint density at radius 2 is 1.67 bits per heavy atom. The molecular formula is C16H32O2. The largest absolute Gasteiger partial charge is 0.381 e. The lowest BCUT2D eigenvalue weighted by molar-refractivity contribution is -0.140. The molecule has 0 rings (SSSR count). The molecule has 0 amide bonds. The number of carbonyl (C=O) groups excluding carboxylic acids is 1. The molecule has 0 radical (unpaired) electrons. The third-order valence-electron chi connectivity index (χ3n) is 3.85. The molecule has 0 spiro atoms. The number of hydrogen-bond acceptors (Lipinski definition) is 2. The van der Waals surface area contributed by atoms with E-state index in [0.29, 0.717) is 30.8 Å². The molecule has 0 aromatic rings. The lowest BCUT2D eigenvalue weighted by Crippen LogP contribution is -2.43. The average molecular weight is 256 g/mol. The smallest absolute Gasteiger partial charge is 0.144 e. The van der Waals surface area contributed by atoms with Gasteiger partial charge in [0.25, 0.3) is 0 Å². The van der Waals surface area contributed by atoms with Gasteiger partial charge in [-0.1, -0.05) is 41.5 Å². The Labute approximate surface area is 113 Å². The Kier molecular flexibility index (Phi) is 7.77. The maximum Gasteiger partial charge on any atom is 0.144 e. The molecule has 18 heavy (non-hydrogen) atoms. The van der Waals surface area contributed by atoms with Crippen LogP contribution in [-0.4, -0.2) is 19.0 Å². The quantitative estimate of drug-likeness (QED) is 0.614. The van der Waals surface area contributed by atoms with Crippen molar-refractivity contribution in [3.63, 3.8) is 0 Å². The normalized spacial score (nSPS) is 15.4. The molecule has 0 N–H and O–H groups in total. The molecule has 0 saturated carbocycles. The highest BCUT2D eigenvalue weighted by atomic mass is 16.5. The summed E-state index contributed by atoms with van der Waals surface area (Å²) >= 11 is 0. The maximum atomic E-state index is 12.6. The van der Waals surface area contributed by atoms with Gasteiger partial charge in [0, 0.05) is 12.5 Å². The summed E-state index contributed by atoms with van der Waals surface area (Å²) in [5, 5.41) is 0. The topological polar surface area (TPSA) is 26.3 Å². The van der Waals surface area contributed by atoms with Crippen molar-refractivity contribution in [2.75, 3.05) is 13.2 Å². The van der Waals surface area contributed by atoms with Gasteiger partial charge >= 0.3 is 0 Å². The summed E-state index contributed by atoms with van der Waals surface area (Å²) in [6.07, 6.45) is 2.03. The zero-order valence-electron chi connectivity index (χ0n) is 13.4. The van der Waals surface area contributed by atoms with Crippen molar-refractivity contribution in [2.24, 2.45) is 23.2 Å². The SMILES string of the molecule is CCOCC(CCC(C)C)(C(=O)C(C)C)C(C)C. The lowest BCUT2D eigenvalue weighted by Gasteiger charge is -2.38. The summed E-state index contributed by atoms with van der Waals surface area (Å²) in [7, 11) is 0. The first kappa shape index (κ1) is 17.6. The first-order chi connectivity index (χ1) is 8.27. The van der Waals surface area contributed by atoms with E-state index in [4.69, 9.17) is 4.74 Å². The van der Waals surface area contributed by atoms with E-state index in [1.54, 1.807) is 0 Å². The van der Waals surface area contributed by atoms with Gasteiger partial charge in [0.2, 0.25) is 0 Å². The van der Waals surface area contributed by atoms with Gasteiger partial charge in [0.05, 0.1) is 12.0 Å². The Morgan fingerprint density at radius 1 is 1.11 bits per heavy atom. The van der Waals surface area contributed by atoms with Crippen LogP contribution in [0.15, 0.2) is 0 Å². The second-order valence-corrected chi connectivity index (χ2v) is 6.40. The number of rotatable bonds is 9. The van der Waals surface area contributed by atoms with Crippen molar-refractivity contribution in [3.05, 3.63) is 0 Å². The number of carbonyl (C=O) groups is 1. The van der Waals surface area contributed by atoms with E-state index >= 15 is 0 Å². The van der Waals surface area contributed by atoms with Crippen LogP contribution in [0.5, 0.6) is 0 Å². The molecule has 0 aromatic carbocycles. The van der Waals surface area contributed by atoms with Gasteiger partial charge < -0.3 is 4.74 Å². The molecule has 0 saturated heterocycles. The highest BCUT2D eigenvalue weighted by molar-refractivity contribution is 5.86. The minimum absolute atomic E-state index is 0.0834. The van der Waals surface area contributed by atoms with E-state index in [1.807, 2.05) is 20.8 Å². The monoisotopic (exact) mass is 256 g/mol. The predicted octanol–water partition coefficient (Wildman–Crippen LogP) is 4.33. The van der Waals surface area contributed by atoms with Crippen molar-refractivity contribution in [1.82, 2.24) is 0 Å². The summed E-state index contributed by atoms with van der Waals surface area (Å²) in [6, 6.07) is 0. The molecule has 2 heteroatoms. The average Bonchev–Trinajstić information content (AvgIpc) is 2.28. The molecule has 1 atom stereocenters. The Morgan fingerprint density at radius 3 is 2.00 bits per heavy atom. The molecule has 0 heterocycles. The van der Waals surface area contributed by atoms with Crippen molar-refractivity contribution >= 4 is 5.78 Å². The van der Waals surface area contributed by atoms with Gasteiger partial charge in [-0.25, -0.2) is 0 Å². The van der Waals surface area contributed by atoms with Crippen LogP contribution >= 0.6 is 0 Å². The summed E-state index contributed by atoms with van der Waals surface area (Å²) < 4.78 is 5.64. The van der Waals surface area contributed by atoms with Crippen molar-refractivity contribution in [3.8, 4) is 0 Å². The molecule has 1 unspecified atom stereocenters. The van der Waals surface area contributed by atoms with Crippen LogP contribution < -0.4 is 0 Å². The fourth-order valence-corrected chi connectivity index (χ4v) is 2.41. The fourth-order valence-electron chi connectivity index (χ4n) is 2.41. The van der Waals surface area contributed by atoms with E-state index < -0.39 is 0 Å². The van der Waals surface area contributed by atoms with Crippen molar-refractivity contribution in [2.45, 2.75) is 61.3 Å². The van der Waals surface area contributed by atoms with E-state index in [9.17, 15) is 4.79 Å². The third kappa shape index (κ3) is 4.72. The minimum atomic E-state index is -0.297. The molecular weight excluding hydrogens is 224 g/mol. The summed E-state index contributed by atoms with van der Waals surface area (Å²) in [6.45, 7) is 16.0. The summed E-state index contributed by atoms with van der Waals surface area (Å²) in [5.74, 6) is 1.41. The van der Waals surface area contributed by atoms with E-state index in [2.05, 4.69) is 27.7 Å². The number of ketones is 1. The molecule has 108 valence electrons. The van der Waals surface area contributed by atoms with E-state index in [1.165, 1.54) is 0 Å². The van der Waals surface area contributed by atoms with Gasteiger partial charge in [-0.15, -0.1) is 0 Å². The lowest BCUT2D eigenvalue weighted by atomic mass is 9.67. The zero-order chi connectivity index (χ0) is 14.3. The van der Waals surface area contributed by atoms with Crippen LogP contribution in [0.25, 0.3) is 0 Å². The van der Waals surface area contributed by atoms with Gasteiger partial charge in [0.1, 0.15) is 5.78 Å². The van der Waals surface area contributed by atoms with Gasteiger partial charge in [-0.05, 0) is 31.6 Å². The van der Waals surface area contributed by atoms with Crippen LogP contribution in [0.4, 0.5) is 0 Å². The fraction of sp³-hybridized carbons (Fsp3) is 0.938. The zero-order valence-corrected chi connectivity index (χ0v) is 13.4. The van der Waals surface area contributed by atoms with E-state index in [0.717, 1.165) is 12.8 Å². The third-order valence-corrected chi connectivity index (χ3v) is 3.85. The summed E-state index contributed by atoms with van der Waals surface area (Å²) in [4.78, 5) is 12.6. The minimum Gasteiger partial charge on any atom is -0.381 e. The van der Waals surface area contributed by atoms with Crippen LogP contribution in [0, 0.1) is 23.2 Å². The number of ether oxygens (including phenoxy) is 1. The van der Waals surface area contributed by atoms with Crippen molar-refractivity contribution in [1.29, 1.82) is 0 Å². The van der Waals surface area contributed by atoms with Crippen LogP contribution in [0.2, 0.25) is 0 Å². The molecule has 0 bridgehead atoms. The highest BCUT2D eigenvalue weighted by Crippen LogP contribution is 2.38. The standard InChI is InChI=1S/C16H32O2/c1-8-18-11-16(14(6)7,10-9-12(2)3)15(17)13(4)5/h12-14H,8-11H2,1-7H3. The molecule has 0 aliphatic carbocycles.